The first-order valence-corrected chi connectivity index (χ1v) is 13.2. The smallest absolute Gasteiger partial charge is 0.260 e. The molecule has 2 N–H and O–H groups in total. The maximum absolute atomic E-state index is 13.2. The summed E-state index contributed by atoms with van der Waals surface area (Å²) in [7, 11) is 1.58. The molecule has 0 radical (unpaired) electrons. The van der Waals surface area contributed by atoms with Crippen molar-refractivity contribution in [3.63, 3.8) is 0 Å². The first-order valence-electron chi connectivity index (χ1n) is 12.8. The normalized spacial score (nSPS) is 21.6. The summed E-state index contributed by atoms with van der Waals surface area (Å²) in [5.74, 6) is 0.610. The van der Waals surface area contributed by atoms with Gasteiger partial charge in [-0.2, -0.15) is 0 Å². The number of rotatable bonds is 8. The molecule has 0 bridgehead atoms. The van der Waals surface area contributed by atoms with E-state index in [-0.39, 0.29) is 42.3 Å². The molecule has 0 aromatic heterocycles. The van der Waals surface area contributed by atoms with Gasteiger partial charge in [0.15, 0.2) is 6.61 Å². The van der Waals surface area contributed by atoms with E-state index in [1.54, 1.807) is 60.5 Å². The number of methoxy groups -OCH3 is 1. The van der Waals surface area contributed by atoms with Crippen molar-refractivity contribution < 1.29 is 23.9 Å². The number of hydrogen-bond acceptors (Lipinski definition) is 5. The number of halogens is 1. The third-order valence-corrected chi connectivity index (χ3v) is 7.34. The highest BCUT2D eigenvalue weighted by atomic mass is 35.5. The molecule has 8 nitrogen and oxygen atoms in total. The fourth-order valence-corrected chi connectivity index (χ4v) is 5.08. The van der Waals surface area contributed by atoms with E-state index in [0.717, 1.165) is 38.5 Å². The fourth-order valence-electron chi connectivity index (χ4n) is 4.96. The van der Waals surface area contributed by atoms with E-state index < -0.39 is 0 Å². The lowest BCUT2D eigenvalue weighted by Crippen LogP contribution is -2.55. The second kappa shape index (κ2) is 12.8. The third-order valence-electron chi connectivity index (χ3n) is 7.08. The zero-order valence-corrected chi connectivity index (χ0v) is 21.8. The Kier molecular flexibility index (Phi) is 9.28. The quantitative estimate of drug-likeness (QED) is 0.544. The number of carbonyl (C=O) groups excluding carboxylic acids is 3. The van der Waals surface area contributed by atoms with E-state index in [9.17, 15) is 14.4 Å². The molecular formula is C28H34ClN3O5. The van der Waals surface area contributed by atoms with Crippen LogP contribution in [-0.2, 0) is 9.59 Å². The molecular weight excluding hydrogens is 494 g/mol. The number of ether oxygens (including phenoxy) is 2. The highest BCUT2D eigenvalue weighted by molar-refractivity contribution is 6.30. The number of hydrogen-bond donors (Lipinski definition) is 2. The molecule has 1 unspecified atom stereocenters. The monoisotopic (exact) mass is 527 g/mol. The molecule has 3 amide bonds. The lowest BCUT2D eigenvalue weighted by Gasteiger charge is -2.36. The largest absolute Gasteiger partial charge is 0.497 e. The molecule has 198 valence electrons. The highest BCUT2D eigenvalue weighted by Gasteiger charge is 2.33. The Morgan fingerprint density at radius 2 is 1.54 bits per heavy atom. The summed E-state index contributed by atoms with van der Waals surface area (Å²) < 4.78 is 10.8. The van der Waals surface area contributed by atoms with Crippen LogP contribution in [0.1, 0.15) is 48.9 Å². The van der Waals surface area contributed by atoms with Crippen LogP contribution in [0.5, 0.6) is 11.5 Å². The van der Waals surface area contributed by atoms with Crippen LogP contribution in [0.3, 0.4) is 0 Å². The first kappa shape index (κ1) is 26.8. The van der Waals surface area contributed by atoms with E-state index in [4.69, 9.17) is 21.1 Å². The van der Waals surface area contributed by atoms with Gasteiger partial charge in [0.05, 0.1) is 13.0 Å². The maximum atomic E-state index is 13.2. The average Bonchev–Trinajstić information content (AvgIpc) is 2.93. The van der Waals surface area contributed by atoms with Crippen LogP contribution in [0.15, 0.2) is 48.5 Å². The van der Waals surface area contributed by atoms with Gasteiger partial charge in [0.25, 0.3) is 11.8 Å². The molecule has 9 heteroatoms. The molecule has 1 aliphatic heterocycles. The Hall–Kier alpha value is -3.26. The second-order valence-corrected chi connectivity index (χ2v) is 10.1. The Morgan fingerprint density at radius 1 is 0.892 bits per heavy atom. The topological polar surface area (TPSA) is 97.0 Å². The Labute approximate surface area is 222 Å². The van der Waals surface area contributed by atoms with Gasteiger partial charge in [-0.1, -0.05) is 24.4 Å². The standard InChI is InChI=1S/C28H34ClN3O5/c1-36-22-12-8-19(9-13-22)27(34)30-24-6-2-3-7-25(24)31-28(35)20-5-4-16-32(17-20)26(33)18-37-23-14-10-21(29)11-15-23/h8-15,20,24-25H,2-7,16-18H2,1H3,(H,30,34)(H,31,35)/t20?,24-,25-/m1/s1. The summed E-state index contributed by atoms with van der Waals surface area (Å²) in [6, 6.07) is 13.6. The molecule has 2 aromatic rings. The van der Waals surface area contributed by atoms with Crippen molar-refractivity contribution in [2.24, 2.45) is 5.92 Å². The van der Waals surface area contributed by atoms with Gasteiger partial charge >= 0.3 is 0 Å². The maximum Gasteiger partial charge on any atom is 0.260 e. The van der Waals surface area contributed by atoms with Crippen molar-refractivity contribution >= 4 is 29.3 Å². The molecule has 1 saturated carbocycles. The zero-order chi connectivity index (χ0) is 26.2. The van der Waals surface area contributed by atoms with E-state index >= 15 is 0 Å². The summed E-state index contributed by atoms with van der Waals surface area (Å²) in [5, 5.41) is 6.89. The predicted molar refractivity (Wildman–Crippen MR) is 141 cm³/mol. The fraction of sp³-hybridized carbons (Fsp3) is 0.464. The van der Waals surface area contributed by atoms with Crippen molar-refractivity contribution in [3.8, 4) is 11.5 Å². The SMILES string of the molecule is COc1ccc(C(=O)N[C@@H]2CCCC[C@H]2NC(=O)C2CCCN(C(=O)COc3ccc(Cl)cc3)C2)cc1. The van der Waals surface area contributed by atoms with E-state index in [2.05, 4.69) is 10.6 Å². The van der Waals surface area contributed by atoms with E-state index in [1.807, 2.05) is 0 Å². The summed E-state index contributed by atoms with van der Waals surface area (Å²) in [4.78, 5) is 40.4. The number of piperidine rings is 1. The van der Waals surface area contributed by atoms with Gasteiger partial charge in [-0.25, -0.2) is 0 Å². The lowest BCUT2D eigenvalue weighted by molar-refractivity contribution is -0.137. The van der Waals surface area contributed by atoms with Crippen molar-refractivity contribution in [3.05, 3.63) is 59.1 Å². The molecule has 1 aliphatic carbocycles. The molecule has 2 fully saturated rings. The van der Waals surface area contributed by atoms with Gasteiger partial charge in [0.1, 0.15) is 11.5 Å². The number of carbonyl (C=O) groups is 3. The number of likely N-dealkylation sites (tertiary alicyclic amines) is 1. The molecule has 1 saturated heterocycles. The van der Waals surface area contributed by atoms with E-state index in [0.29, 0.717) is 35.2 Å². The highest BCUT2D eigenvalue weighted by Crippen LogP contribution is 2.23. The molecule has 0 spiro atoms. The Morgan fingerprint density at radius 3 is 2.22 bits per heavy atom. The van der Waals surface area contributed by atoms with Crippen LogP contribution in [0.2, 0.25) is 5.02 Å². The second-order valence-electron chi connectivity index (χ2n) is 9.63. The summed E-state index contributed by atoms with van der Waals surface area (Å²) >= 11 is 5.89. The van der Waals surface area contributed by atoms with Crippen LogP contribution < -0.4 is 20.1 Å². The Balaban J connectivity index is 1.29. The first-order chi connectivity index (χ1) is 17.9. The summed E-state index contributed by atoms with van der Waals surface area (Å²) in [6.07, 6.45) is 5.10. The number of benzene rings is 2. The summed E-state index contributed by atoms with van der Waals surface area (Å²) in [6.45, 7) is 0.888. The van der Waals surface area contributed by atoms with Gasteiger partial charge in [-0.15, -0.1) is 0 Å². The molecule has 37 heavy (non-hydrogen) atoms. The van der Waals surface area contributed by atoms with Crippen LogP contribution in [0, 0.1) is 5.92 Å². The minimum atomic E-state index is -0.284. The minimum absolute atomic E-state index is 0.0632. The van der Waals surface area contributed by atoms with Gasteiger partial charge < -0.3 is 25.0 Å². The molecule has 3 atom stereocenters. The number of amides is 3. The van der Waals surface area contributed by atoms with Crippen molar-refractivity contribution in [1.82, 2.24) is 15.5 Å². The molecule has 4 rings (SSSR count). The van der Waals surface area contributed by atoms with Crippen LogP contribution >= 0.6 is 11.6 Å². The van der Waals surface area contributed by atoms with Crippen molar-refractivity contribution in [2.45, 2.75) is 50.6 Å². The third kappa shape index (κ3) is 7.38. The van der Waals surface area contributed by atoms with Gasteiger partial charge in [0, 0.05) is 35.8 Å². The zero-order valence-electron chi connectivity index (χ0n) is 21.1. The Bertz CT molecular complexity index is 1080. The van der Waals surface area contributed by atoms with Crippen molar-refractivity contribution in [1.29, 1.82) is 0 Å². The molecule has 1 heterocycles. The van der Waals surface area contributed by atoms with Crippen LogP contribution in [0.4, 0.5) is 0 Å². The number of nitrogens with one attached hydrogen (secondary N) is 2. The van der Waals surface area contributed by atoms with E-state index in [1.165, 1.54) is 0 Å². The van der Waals surface area contributed by atoms with Crippen molar-refractivity contribution in [2.75, 3.05) is 26.8 Å². The average molecular weight is 528 g/mol. The lowest BCUT2D eigenvalue weighted by atomic mass is 9.88. The van der Waals surface area contributed by atoms with Gasteiger partial charge in [-0.3, -0.25) is 14.4 Å². The van der Waals surface area contributed by atoms with Gasteiger partial charge in [0.2, 0.25) is 5.91 Å². The molecule has 2 aromatic carbocycles. The predicted octanol–water partition coefficient (Wildman–Crippen LogP) is 3.82. The van der Waals surface area contributed by atoms with Crippen LogP contribution in [0.25, 0.3) is 0 Å². The van der Waals surface area contributed by atoms with Crippen LogP contribution in [-0.4, -0.2) is 61.5 Å². The van der Waals surface area contributed by atoms with Gasteiger partial charge in [-0.05, 0) is 74.2 Å². The summed E-state index contributed by atoms with van der Waals surface area (Å²) in [5.41, 5.74) is 0.554. The minimum Gasteiger partial charge on any atom is -0.497 e. The number of nitrogens with zero attached hydrogens (tertiary/aromatic N) is 1. The molecule has 2 aliphatic rings.